The van der Waals surface area contributed by atoms with Gasteiger partial charge in [0.25, 0.3) is 0 Å². The van der Waals surface area contributed by atoms with Gasteiger partial charge in [0.15, 0.2) is 0 Å². The van der Waals surface area contributed by atoms with E-state index in [1.54, 1.807) is 0 Å². The van der Waals surface area contributed by atoms with Gasteiger partial charge in [0.2, 0.25) is 11.9 Å². The maximum atomic E-state index is 12.5. The van der Waals surface area contributed by atoms with Gasteiger partial charge in [-0.15, -0.1) is 0 Å². The molecular weight excluding hydrogens is 288 g/mol. The fraction of sp³-hybridized carbons (Fsp3) is 0.722. The molecule has 0 spiro atoms. The summed E-state index contributed by atoms with van der Waals surface area (Å²) in [5, 5.41) is 3.19. The second kappa shape index (κ2) is 7.75. The second-order valence-electron chi connectivity index (χ2n) is 7.05. The first-order valence-corrected chi connectivity index (χ1v) is 8.78. The Morgan fingerprint density at radius 1 is 1.09 bits per heavy atom. The third kappa shape index (κ3) is 4.66. The lowest BCUT2D eigenvalue weighted by Gasteiger charge is -2.29. The van der Waals surface area contributed by atoms with E-state index in [4.69, 9.17) is 0 Å². The van der Waals surface area contributed by atoms with Crippen molar-refractivity contribution >= 4 is 11.9 Å². The van der Waals surface area contributed by atoms with Gasteiger partial charge in [0.1, 0.15) is 6.04 Å². The van der Waals surface area contributed by atoms with Crippen LogP contribution in [-0.2, 0) is 11.2 Å². The zero-order valence-electron chi connectivity index (χ0n) is 15.1. The van der Waals surface area contributed by atoms with Crippen LogP contribution in [0.15, 0.2) is 0 Å². The number of carbonyl (C=O) groups is 1. The summed E-state index contributed by atoms with van der Waals surface area (Å²) in [5.74, 6) is 1.29. The van der Waals surface area contributed by atoms with E-state index in [0.29, 0.717) is 11.9 Å². The van der Waals surface area contributed by atoms with E-state index in [2.05, 4.69) is 29.1 Å². The van der Waals surface area contributed by atoms with Crippen LogP contribution in [-0.4, -0.2) is 39.9 Å². The summed E-state index contributed by atoms with van der Waals surface area (Å²) in [4.78, 5) is 23.6. The van der Waals surface area contributed by atoms with Crippen LogP contribution in [0.4, 0.5) is 5.95 Å². The highest BCUT2D eigenvalue weighted by Crippen LogP contribution is 2.18. The predicted octanol–water partition coefficient (Wildman–Crippen LogP) is 3.10. The topological polar surface area (TPSA) is 58.1 Å². The van der Waals surface area contributed by atoms with Crippen molar-refractivity contribution in [1.82, 2.24) is 14.9 Å². The number of piperidine rings is 1. The molecule has 2 heterocycles. The number of aromatic nitrogens is 2. The van der Waals surface area contributed by atoms with Crippen molar-refractivity contribution in [2.45, 2.75) is 66.3 Å². The standard InChI is InChI=1S/C18H30N4O/c1-12(2)11-16-13(3)19-18(20-14(16)4)21-15(5)17(23)22-9-7-6-8-10-22/h12,15H,6-11H2,1-5H3,(H,19,20,21). The van der Waals surface area contributed by atoms with Gasteiger partial charge < -0.3 is 10.2 Å². The Morgan fingerprint density at radius 3 is 2.17 bits per heavy atom. The number of rotatable bonds is 5. The maximum absolute atomic E-state index is 12.5. The highest BCUT2D eigenvalue weighted by Gasteiger charge is 2.23. The Morgan fingerprint density at radius 2 is 1.65 bits per heavy atom. The van der Waals surface area contributed by atoms with E-state index >= 15 is 0 Å². The Balaban J connectivity index is 2.05. The molecule has 1 aromatic rings. The number of anilines is 1. The molecule has 1 aromatic heterocycles. The van der Waals surface area contributed by atoms with E-state index in [1.165, 1.54) is 12.0 Å². The molecule has 1 fully saturated rings. The number of hydrogen-bond acceptors (Lipinski definition) is 4. The lowest BCUT2D eigenvalue weighted by molar-refractivity contribution is -0.132. The summed E-state index contributed by atoms with van der Waals surface area (Å²) in [6.45, 7) is 12.1. The summed E-state index contributed by atoms with van der Waals surface area (Å²) in [6, 6.07) is -0.289. The first kappa shape index (κ1) is 17.7. The number of amides is 1. The number of likely N-dealkylation sites (tertiary alicyclic amines) is 1. The van der Waals surface area contributed by atoms with Crippen molar-refractivity contribution in [2.75, 3.05) is 18.4 Å². The summed E-state index contributed by atoms with van der Waals surface area (Å²) in [5.41, 5.74) is 3.23. The van der Waals surface area contributed by atoms with Crippen LogP contribution in [0.1, 0.15) is 57.0 Å². The van der Waals surface area contributed by atoms with Crippen molar-refractivity contribution in [3.8, 4) is 0 Å². The highest BCUT2D eigenvalue weighted by molar-refractivity contribution is 5.83. The summed E-state index contributed by atoms with van der Waals surface area (Å²) in [6.07, 6.45) is 4.43. The molecule has 1 unspecified atom stereocenters. The predicted molar refractivity (Wildman–Crippen MR) is 93.6 cm³/mol. The second-order valence-corrected chi connectivity index (χ2v) is 7.05. The third-order valence-electron chi connectivity index (χ3n) is 4.42. The average molecular weight is 318 g/mol. The highest BCUT2D eigenvalue weighted by atomic mass is 16.2. The molecule has 5 heteroatoms. The lowest BCUT2D eigenvalue weighted by atomic mass is 10.0. The average Bonchev–Trinajstić information content (AvgIpc) is 2.51. The largest absolute Gasteiger partial charge is 0.343 e. The number of aryl methyl sites for hydroxylation is 2. The summed E-state index contributed by atoms with van der Waals surface area (Å²) < 4.78 is 0. The van der Waals surface area contributed by atoms with Gasteiger partial charge in [-0.25, -0.2) is 9.97 Å². The Hall–Kier alpha value is -1.65. The van der Waals surface area contributed by atoms with E-state index in [-0.39, 0.29) is 11.9 Å². The Bertz CT molecular complexity index is 527. The molecule has 2 rings (SSSR count). The van der Waals surface area contributed by atoms with Gasteiger partial charge in [0.05, 0.1) is 0 Å². The first-order chi connectivity index (χ1) is 10.9. The monoisotopic (exact) mass is 318 g/mol. The summed E-state index contributed by atoms with van der Waals surface area (Å²) >= 11 is 0. The molecule has 23 heavy (non-hydrogen) atoms. The molecule has 1 atom stereocenters. The summed E-state index contributed by atoms with van der Waals surface area (Å²) in [7, 11) is 0. The number of nitrogens with one attached hydrogen (secondary N) is 1. The van der Waals surface area contributed by atoms with Crippen LogP contribution < -0.4 is 5.32 Å². The van der Waals surface area contributed by atoms with Crippen molar-refractivity contribution in [3.63, 3.8) is 0 Å². The van der Waals surface area contributed by atoms with Crippen LogP contribution >= 0.6 is 0 Å². The smallest absolute Gasteiger partial charge is 0.244 e. The maximum Gasteiger partial charge on any atom is 0.244 e. The molecule has 1 N–H and O–H groups in total. The molecule has 128 valence electrons. The Kier molecular flexibility index (Phi) is 5.97. The molecule has 0 saturated carbocycles. The molecule has 1 aliphatic heterocycles. The van der Waals surface area contributed by atoms with E-state index in [0.717, 1.165) is 43.7 Å². The number of carbonyl (C=O) groups excluding carboxylic acids is 1. The van der Waals surface area contributed by atoms with E-state index in [9.17, 15) is 4.79 Å². The molecular formula is C18H30N4O. The van der Waals surface area contributed by atoms with E-state index in [1.807, 2.05) is 25.7 Å². The molecule has 0 aromatic carbocycles. The minimum Gasteiger partial charge on any atom is -0.343 e. The van der Waals surface area contributed by atoms with Gasteiger partial charge >= 0.3 is 0 Å². The lowest BCUT2D eigenvalue weighted by Crippen LogP contribution is -2.44. The quantitative estimate of drug-likeness (QED) is 0.906. The van der Waals surface area contributed by atoms with Gasteiger partial charge in [0, 0.05) is 24.5 Å². The fourth-order valence-corrected chi connectivity index (χ4v) is 3.15. The minimum absolute atomic E-state index is 0.148. The normalized spacial score (nSPS) is 16.5. The first-order valence-electron chi connectivity index (χ1n) is 8.78. The number of hydrogen-bond donors (Lipinski definition) is 1. The molecule has 1 saturated heterocycles. The fourth-order valence-electron chi connectivity index (χ4n) is 3.15. The number of nitrogens with zero attached hydrogens (tertiary/aromatic N) is 3. The van der Waals surface area contributed by atoms with Crippen molar-refractivity contribution in [1.29, 1.82) is 0 Å². The van der Waals surface area contributed by atoms with Gasteiger partial charge in [-0.05, 0) is 57.9 Å². The van der Waals surface area contributed by atoms with Gasteiger partial charge in [-0.1, -0.05) is 13.8 Å². The van der Waals surface area contributed by atoms with Crippen LogP contribution in [0.3, 0.4) is 0 Å². The van der Waals surface area contributed by atoms with Gasteiger partial charge in [-0.2, -0.15) is 0 Å². The van der Waals surface area contributed by atoms with Crippen LogP contribution in [0.5, 0.6) is 0 Å². The van der Waals surface area contributed by atoms with Crippen LogP contribution in [0.25, 0.3) is 0 Å². The van der Waals surface area contributed by atoms with Crippen molar-refractivity contribution in [3.05, 3.63) is 17.0 Å². The molecule has 0 radical (unpaired) electrons. The van der Waals surface area contributed by atoms with E-state index < -0.39 is 0 Å². The van der Waals surface area contributed by atoms with Crippen molar-refractivity contribution in [2.24, 2.45) is 5.92 Å². The zero-order chi connectivity index (χ0) is 17.0. The SMILES string of the molecule is Cc1nc(NC(C)C(=O)N2CCCCC2)nc(C)c1CC(C)C. The molecule has 1 aliphatic rings. The molecule has 5 nitrogen and oxygen atoms in total. The molecule has 0 bridgehead atoms. The molecule has 0 aliphatic carbocycles. The van der Waals surface area contributed by atoms with Gasteiger partial charge in [-0.3, -0.25) is 4.79 Å². The molecule has 1 amide bonds. The third-order valence-corrected chi connectivity index (χ3v) is 4.42. The Labute approximate surface area is 139 Å². The minimum atomic E-state index is -0.289. The zero-order valence-corrected chi connectivity index (χ0v) is 15.1. The van der Waals surface area contributed by atoms with Crippen molar-refractivity contribution < 1.29 is 4.79 Å². The van der Waals surface area contributed by atoms with Crippen LogP contribution in [0.2, 0.25) is 0 Å². The van der Waals surface area contributed by atoms with Crippen LogP contribution in [0, 0.1) is 19.8 Å².